The number of hydrogen-bond donors (Lipinski definition) is 0. The molecule has 1 fully saturated rings. The second-order valence-corrected chi connectivity index (χ2v) is 7.39. The molecule has 1 aliphatic heterocycles. The molecule has 1 aromatic rings. The number of amides is 1. The quantitative estimate of drug-likeness (QED) is 0.791. The molecule has 0 unspecified atom stereocenters. The molecule has 0 bridgehead atoms. The average Bonchev–Trinajstić information content (AvgIpc) is 2.60. The summed E-state index contributed by atoms with van der Waals surface area (Å²) in [6.07, 6.45) is 0. The normalized spacial score (nSPS) is 16.2. The zero-order valence-corrected chi connectivity index (χ0v) is 14.4. The van der Waals surface area contributed by atoms with Crippen LogP contribution in [0.15, 0.2) is 18.2 Å². The minimum atomic E-state index is -3.21. The number of piperazine rings is 1. The van der Waals surface area contributed by atoms with Crippen molar-refractivity contribution < 1.29 is 22.7 Å². The highest BCUT2D eigenvalue weighted by molar-refractivity contribution is 7.89. The molecule has 128 valence electrons. The summed E-state index contributed by atoms with van der Waals surface area (Å²) in [6, 6.07) is 5.13. The third kappa shape index (κ3) is 3.59. The Balaban J connectivity index is 2.15. The van der Waals surface area contributed by atoms with Crippen LogP contribution in [0.1, 0.15) is 17.3 Å². The van der Waals surface area contributed by atoms with E-state index in [1.165, 1.54) is 18.5 Å². The monoisotopic (exact) mass is 342 g/mol. The predicted octanol–water partition coefficient (Wildman–Crippen LogP) is 0.811. The van der Waals surface area contributed by atoms with Gasteiger partial charge in [-0.15, -0.1) is 0 Å². The van der Waals surface area contributed by atoms with Crippen molar-refractivity contribution in [2.75, 3.05) is 46.2 Å². The van der Waals surface area contributed by atoms with Gasteiger partial charge >= 0.3 is 0 Å². The van der Waals surface area contributed by atoms with Crippen molar-refractivity contribution in [1.29, 1.82) is 0 Å². The van der Waals surface area contributed by atoms with Crippen molar-refractivity contribution in [2.45, 2.75) is 6.92 Å². The predicted molar refractivity (Wildman–Crippen MR) is 86.5 cm³/mol. The fraction of sp³-hybridized carbons (Fsp3) is 0.533. The number of sulfonamides is 1. The summed E-state index contributed by atoms with van der Waals surface area (Å²) in [5, 5.41) is 0. The van der Waals surface area contributed by atoms with E-state index in [4.69, 9.17) is 9.47 Å². The summed E-state index contributed by atoms with van der Waals surface area (Å²) in [5.74, 6) is 0.772. The first-order chi connectivity index (χ1) is 10.9. The van der Waals surface area contributed by atoms with Crippen molar-refractivity contribution in [3.63, 3.8) is 0 Å². The lowest BCUT2D eigenvalue weighted by atomic mass is 10.1. The fourth-order valence-corrected chi connectivity index (χ4v) is 3.66. The van der Waals surface area contributed by atoms with Gasteiger partial charge in [0.25, 0.3) is 5.91 Å². The highest BCUT2D eigenvalue weighted by Crippen LogP contribution is 2.31. The van der Waals surface area contributed by atoms with Gasteiger partial charge in [0.15, 0.2) is 11.5 Å². The molecule has 0 aliphatic carbocycles. The smallest absolute Gasteiger partial charge is 0.257 e. The number of nitrogens with zero attached hydrogens (tertiary/aromatic N) is 2. The molecule has 7 nitrogen and oxygen atoms in total. The lowest BCUT2D eigenvalue weighted by molar-refractivity contribution is 0.0694. The van der Waals surface area contributed by atoms with Crippen LogP contribution < -0.4 is 9.47 Å². The number of methoxy groups -OCH3 is 2. The molecule has 1 aromatic carbocycles. The van der Waals surface area contributed by atoms with Gasteiger partial charge in [-0.1, -0.05) is 6.07 Å². The molecule has 23 heavy (non-hydrogen) atoms. The van der Waals surface area contributed by atoms with E-state index in [9.17, 15) is 13.2 Å². The largest absolute Gasteiger partial charge is 0.493 e. The van der Waals surface area contributed by atoms with E-state index >= 15 is 0 Å². The van der Waals surface area contributed by atoms with E-state index in [1.54, 1.807) is 30.0 Å². The van der Waals surface area contributed by atoms with Crippen LogP contribution in [0.2, 0.25) is 0 Å². The second kappa shape index (κ2) is 7.18. The van der Waals surface area contributed by atoms with E-state index in [-0.39, 0.29) is 11.7 Å². The molecule has 1 amide bonds. The van der Waals surface area contributed by atoms with E-state index < -0.39 is 10.0 Å². The van der Waals surface area contributed by atoms with Gasteiger partial charge in [0.1, 0.15) is 0 Å². The Bertz CT molecular complexity index is 666. The molecular weight excluding hydrogens is 320 g/mol. The highest BCUT2D eigenvalue weighted by Gasteiger charge is 2.29. The van der Waals surface area contributed by atoms with Crippen LogP contribution in [0.4, 0.5) is 0 Å². The third-order valence-electron chi connectivity index (χ3n) is 3.92. The third-order valence-corrected chi connectivity index (χ3v) is 5.80. The first-order valence-corrected chi connectivity index (χ1v) is 9.03. The SMILES string of the molecule is CCS(=O)(=O)N1CCN(C(=O)c2cccc(OC)c2OC)CC1. The summed E-state index contributed by atoms with van der Waals surface area (Å²) < 4.78 is 35.7. The minimum Gasteiger partial charge on any atom is -0.493 e. The fourth-order valence-electron chi connectivity index (χ4n) is 2.58. The van der Waals surface area contributed by atoms with Gasteiger partial charge in [-0.2, -0.15) is 4.31 Å². The summed E-state index contributed by atoms with van der Waals surface area (Å²) in [7, 11) is -0.207. The van der Waals surface area contributed by atoms with Gasteiger partial charge in [-0.25, -0.2) is 8.42 Å². The van der Waals surface area contributed by atoms with Crippen LogP contribution in [-0.2, 0) is 10.0 Å². The molecule has 0 radical (unpaired) electrons. The van der Waals surface area contributed by atoms with E-state index in [0.29, 0.717) is 43.2 Å². The Hall–Kier alpha value is -1.80. The highest BCUT2D eigenvalue weighted by atomic mass is 32.2. The van der Waals surface area contributed by atoms with Crippen LogP contribution in [0.3, 0.4) is 0 Å². The summed E-state index contributed by atoms with van der Waals surface area (Å²) >= 11 is 0. The number of carbonyl (C=O) groups excluding carboxylic acids is 1. The van der Waals surface area contributed by atoms with Gasteiger partial charge in [0.2, 0.25) is 10.0 Å². The maximum Gasteiger partial charge on any atom is 0.257 e. The molecule has 1 heterocycles. The maximum absolute atomic E-state index is 12.7. The number of carbonyl (C=O) groups is 1. The molecule has 0 N–H and O–H groups in total. The molecule has 0 atom stereocenters. The Kier molecular flexibility index (Phi) is 5.48. The van der Waals surface area contributed by atoms with E-state index in [1.807, 2.05) is 0 Å². The average molecular weight is 342 g/mol. The zero-order valence-electron chi connectivity index (χ0n) is 13.6. The Labute approximate surface area is 136 Å². The van der Waals surface area contributed by atoms with Gasteiger partial charge in [-0.05, 0) is 19.1 Å². The second-order valence-electron chi connectivity index (χ2n) is 5.13. The van der Waals surface area contributed by atoms with Crippen LogP contribution in [0.25, 0.3) is 0 Å². The van der Waals surface area contributed by atoms with Crippen molar-refractivity contribution >= 4 is 15.9 Å². The molecule has 0 spiro atoms. The van der Waals surface area contributed by atoms with E-state index in [0.717, 1.165) is 0 Å². The minimum absolute atomic E-state index is 0.0741. The van der Waals surface area contributed by atoms with Gasteiger partial charge in [-0.3, -0.25) is 4.79 Å². The number of ether oxygens (including phenoxy) is 2. The molecule has 8 heteroatoms. The lowest BCUT2D eigenvalue weighted by Crippen LogP contribution is -2.50. The van der Waals surface area contributed by atoms with E-state index in [2.05, 4.69) is 0 Å². The topological polar surface area (TPSA) is 76.2 Å². The lowest BCUT2D eigenvalue weighted by Gasteiger charge is -2.34. The molecule has 2 rings (SSSR count). The number of benzene rings is 1. The summed E-state index contributed by atoms with van der Waals surface area (Å²) in [4.78, 5) is 14.3. The number of rotatable bonds is 5. The Morgan fingerprint density at radius 2 is 1.78 bits per heavy atom. The first kappa shape index (κ1) is 17.6. The zero-order chi connectivity index (χ0) is 17.0. The van der Waals surface area contributed by atoms with Gasteiger partial charge in [0.05, 0.1) is 25.5 Å². The van der Waals surface area contributed by atoms with Crippen molar-refractivity contribution in [3.8, 4) is 11.5 Å². The Morgan fingerprint density at radius 3 is 2.30 bits per heavy atom. The van der Waals surface area contributed by atoms with Crippen LogP contribution in [-0.4, -0.2) is 69.7 Å². The van der Waals surface area contributed by atoms with Crippen molar-refractivity contribution in [3.05, 3.63) is 23.8 Å². The molecule has 1 aliphatic rings. The number of para-hydroxylation sites is 1. The Morgan fingerprint density at radius 1 is 1.13 bits per heavy atom. The van der Waals surface area contributed by atoms with Crippen LogP contribution >= 0.6 is 0 Å². The van der Waals surface area contributed by atoms with Crippen molar-refractivity contribution in [1.82, 2.24) is 9.21 Å². The maximum atomic E-state index is 12.7. The standard InChI is InChI=1S/C15H22N2O5S/c1-4-23(19,20)17-10-8-16(9-11-17)15(18)12-6-5-7-13(21-2)14(12)22-3/h5-7H,4,8-11H2,1-3H3. The first-order valence-electron chi connectivity index (χ1n) is 7.42. The number of hydrogen-bond acceptors (Lipinski definition) is 5. The molecular formula is C15H22N2O5S. The van der Waals surface area contributed by atoms with Crippen LogP contribution in [0, 0.1) is 0 Å². The summed E-state index contributed by atoms with van der Waals surface area (Å²) in [5.41, 5.74) is 0.415. The van der Waals surface area contributed by atoms with Gasteiger partial charge in [0, 0.05) is 26.2 Å². The molecule has 1 saturated heterocycles. The molecule has 0 aromatic heterocycles. The molecule has 0 saturated carbocycles. The summed E-state index contributed by atoms with van der Waals surface area (Å²) in [6.45, 7) is 2.97. The van der Waals surface area contributed by atoms with Gasteiger partial charge < -0.3 is 14.4 Å². The van der Waals surface area contributed by atoms with Crippen LogP contribution in [0.5, 0.6) is 11.5 Å². The van der Waals surface area contributed by atoms with Crippen molar-refractivity contribution in [2.24, 2.45) is 0 Å².